The van der Waals surface area contributed by atoms with Crippen LogP contribution in [0.25, 0.3) is 76.7 Å². The Morgan fingerprint density at radius 3 is 1.74 bits per heavy atom. The van der Waals surface area contributed by atoms with Crippen LogP contribution >= 0.6 is 0 Å². The normalized spacial score (nSPS) is 11.7. The van der Waals surface area contributed by atoms with Gasteiger partial charge in [-0.05, 0) is 67.2 Å². The number of pyridine rings is 2. The smallest absolute Gasteiger partial charge is 0.0780 e. The summed E-state index contributed by atoms with van der Waals surface area (Å²) >= 11 is 0. The van der Waals surface area contributed by atoms with Crippen LogP contribution in [-0.4, -0.2) is 9.97 Å². The van der Waals surface area contributed by atoms with E-state index in [1.165, 1.54) is 54.6 Å². The third-order valence-electron chi connectivity index (χ3n) is 7.75. The number of para-hydroxylation sites is 1. The van der Waals surface area contributed by atoms with Crippen LogP contribution in [0, 0.1) is 0 Å². The number of aromatic nitrogens is 2. The molecule has 6 aromatic carbocycles. The van der Waals surface area contributed by atoms with Gasteiger partial charge in [-0.15, -0.1) is 0 Å². The van der Waals surface area contributed by atoms with Crippen molar-refractivity contribution >= 4 is 43.2 Å². The molecule has 2 nitrogen and oxygen atoms in total. The number of fused-ring (bicyclic) bond motifs is 1. The summed E-state index contributed by atoms with van der Waals surface area (Å²) in [6.07, 6.45) is 3.73. The molecule has 2 heteroatoms. The van der Waals surface area contributed by atoms with E-state index in [0.29, 0.717) is 0 Å². The highest BCUT2D eigenvalue weighted by Gasteiger charge is 2.15. The summed E-state index contributed by atoms with van der Waals surface area (Å²) in [6.45, 7) is 0. The van der Waals surface area contributed by atoms with Crippen molar-refractivity contribution < 1.29 is 0 Å². The maximum Gasteiger partial charge on any atom is 0.0780 e. The van der Waals surface area contributed by atoms with Crippen LogP contribution in [0.5, 0.6) is 0 Å². The zero-order valence-electron chi connectivity index (χ0n) is 20.6. The maximum absolute atomic E-state index is 4.65. The molecule has 0 aliphatic rings. The molecule has 8 rings (SSSR count). The molecule has 38 heavy (non-hydrogen) atoms. The summed E-state index contributed by atoms with van der Waals surface area (Å²) in [5, 5.41) is 8.83. The molecule has 0 bridgehead atoms. The molecule has 0 N–H and O–H groups in total. The van der Waals surface area contributed by atoms with Crippen LogP contribution in [0.4, 0.5) is 0 Å². The minimum atomic E-state index is 1.00. The Morgan fingerprint density at radius 1 is 0.368 bits per heavy atom. The molecule has 2 aromatic heterocycles. The van der Waals surface area contributed by atoms with Crippen molar-refractivity contribution in [3.63, 3.8) is 0 Å². The predicted octanol–water partition coefficient (Wildman–Crippen LogP) is 9.53. The summed E-state index contributed by atoms with van der Waals surface area (Å²) < 4.78 is 0. The molecular formula is C36H22N2. The minimum Gasteiger partial charge on any atom is -0.256 e. The minimum absolute atomic E-state index is 1.00. The van der Waals surface area contributed by atoms with Gasteiger partial charge in [0.25, 0.3) is 0 Å². The van der Waals surface area contributed by atoms with Gasteiger partial charge < -0.3 is 0 Å². The zero-order chi connectivity index (χ0) is 25.1. The Hall–Kier alpha value is -5.08. The number of hydrogen-bond donors (Lipinski definition) is 0. The molecule has 0 radical (unpaired) electrons. The molecule has 2 heterocycles. The van der Waals surface area contributed by atoms with E-state index in [1.807, 2.05) is 24.5 Å². The Morgan fingerprint density at radius 2 is 1.00 bits per heavy atom. The highest BCUT2D eigenvalue weighted by atomic mass is 14.7. The zero-order valence-corrected chi connectivity index (χ0v) is 20.6. The summed E-state index contributed by atoms with van der Waals surface area (Å²) in [6, 6.07) is 43.5. The van der Waals surface area contributed by atoms with Crippen molar-refractivity contribution in [1.82, 2.24) is 9.97 Å². The topological polar surface area (TPSA) is 25.8 Å². The Bertz CT molecular complexity index is 2100. The van der Waals surface area contributed by atoms with Crippen LogP contribution in [0.2, 0.25) is 0 Å². The van der Waals surface area contributed by atoms with Crippen LogP contribution in [0.1, 0.15) is 0 Å². The second-order valence-electron chi connectivity index (χ2n) is 9.82. The molecular weight excluding hydrogens is 460 g/mol. The molecule has 0 spiro atoms. The summed E-state index contributed by atoms with van der Waals surface area (Å²) in [5.41, 5.74) is 8.01. The lowest BCUT2D eigenvalue weighted by atomic mass is 9.87. The molecule has 0 aliphatic carbocycles. The van der Waals surface area contributed by atoms with E-state index in [-0.39, 0.29) is 0 Å². The first kappa shape index (κ1) is 21.0. The van der Waals surface area contributed by atoms with Gasteiger partial charge in [-0.1, -0.05) is 103 Å². The standard InChI is InChI=1S/C36H22N2/c1-2-21-37-33(8-1)30-18-14-26-15-19-31-28(17-13-25-16-20-32(30)35(26)34(25)31)23-9-11-24(12-10-23)29-7-3-5-27-6-4-22-38-36(27)29/h1-22H. The third-order valence-corrected chi connectivity index (χ3v) is 7.75. The van der Waals surface area contributed by atoms with Gasteiger partial charge in [0.05, 0.1) is 11.2 Å². The van der Waals surface area contributed by atoms with E-state index in [9.17, 15) is 0 Å². The van der Waals surface area contributed by atoms with Crippen LogP contribution in [0.15, 0.2) is 134 Å². The van der Waals surface area contributed by atoms with E-state index in [4.69, 9.17) is 0 Å². The van der Waals surface area contributed by atoms with Gasteiger partial charge in [-0.25, -0.2) is 0 Å². The van der Waals surface area contributed by atoms with E-state index in [0.717, 1.165) is 22.2 Å². The van der Waals surface area contributed by atoms with E-state index in [2.05, 4.69) is 119 Å². The summed E-state index contributed by atoms with van der Waals surface area (Å²) in [7, 11) is 0. The number of benzene rings is 6. The quantitative estimate of drug-likeness (QED) is 0.234. The van der Waals surface area contributed by atoms with Crippen molar-refractivity contribution in [2.24, 2.45) is 0 Å². The van der Waals surface area contributed by atoms with Gasteiger partial charge in [-0.2, -0.15) is 0 Å². The second-order valence-corrected chi connectivity index (χ2v) is 9.82. The highest BCUT2D eigenvalue weighted by Crippen LogP contribution is 2.42. The molecule has 8 aromatic rings. The van der Waals surface area contributed by atoms with Gasteiger partial charge in [0.2, 0.25) is 0 Å². The average molecular weight is 483 g/mol. The fourth-order valence-electron chi connectivity index (χ4n) is 5.96. The highest BCUT2D eigenvalue weighted by molar-refractivity contribution is 6.27. The van der Waals surface area contributed by atoms with Crippen molar-refractivity contribution in [3.05, 3.63) is 134 Å². The molecule has 0 aliphatic heterocycles. The number of nitrogens with zero attached hydrogens (tertiary/aromatic N) is 2. The monoisotopic (exact) mass is 482 g/mol. The lowest BCUT2D eigenvalue weighted by Crippen LogP contribution is -1.90. The van der Waals surface area contributed by atoms with Crippen LogP contribution < -0.4 is 0 Å². The molecule has 0 fully saturated rings. The first-order valence-corrected chi connectivity index (χ1v) is 12.9. The summed E-state index contributed by atoms with van der Waals surface area (Å²) in [4.78, 5) is 9.29. The first-order chi connectivity index (χ1) is 18.8. The van der Waals surface area contributed by atoms with Crippen LogP contribution in [-0.2, 0) is 0 Å². The van der Waals surface area contributed by atoms with E-state index < -0.39 is 0 Å². The molecule has 0 saturated carbocycles. The molecule has 176 valence electrons. The SMILES string of the molecule is c1ccc(-c2ccc3ccc4c(-c5ccc(-c6cccc7cccnc67)cc5)ccc5ccc2c3c54)nc1. The Labute approximate surface area is 220 Å². The fourth-order valence-corrected chi connectivity index (χ4v) is 5.96. The third kappa shape index (κ3) is 3.14. The lowest BCUT2D eigenvalue weighted by Gasteiger charge is -2.16. The number of hydrogen-bond acceptors (Lipinski definition) is 2. The number of rotatable bonds is 3. The summed E-state index contributed by atoms with van der Waals surface area (Å²) in [5.74, 6) is 0. The van der Waals surface area contributed by atoms with E-state index in [1.54, 1.807) is 0 Å². The fraction of sp³-hybridized carbons (Fsp3) is 0. The van der Waals surface area contributed by atoms with Crippen LogP contribution in [0.3, 0.4) is 0 Å². The molecule has 0 unspecified atom stereocenters. The Balaban J connectivity index is 1.31. The van der Waals surface area contributed by atoms with Gasteiger partial charge in [-0.3, -0.25) is 9.97 Å². The van der Waals surface area contributed by atoms with Crippen molar-refractivity contribution in [2.45, 2.75) is 0 Å². The molecule has 0 saturated heterocycles. The maximum atomic E-state index is 4.65. The van der Waals surface area contributed by atoms with Gasteiger partial charge in [0.15, 0.2) is 0 Å². The average Bonchev–Trinajstić information content (AvgIpc) is 3.00. The van der Waals surface area contributed by atoms with Crippen molar-refractivity contribution in [2.75, 3.05) is 0 Å². The van der Waals surface area contributed by atoms with Crippen molar-refractivity contribution in [1.29, 1.82) is 0 Å². The van der Waals surface area contributed by atoms with Crippen molar-refractivity contribution in [3.8, 4) is 33.5 Å². The predicted molar refractivity (Wildman–Crippen MR) is 160 cm³/mol. The Kier molecular flexibility index (Phi) is 4.55. The molecule has 0 amide bonds. The van der Waals surface area contributed by atoms with Gasteiger partial charge >= 0.3 is 0 Å². The van der Waals surface area contributed by atoms with Gasteiger partial charge in [0, 0.05) is 28.9 Å². The second kappa shape index (κ2) is 8.22. The largest absolute Gasteiger partial charge is 0.256 e. The first-order valence-electron chi connectivity index (χ1n) is 12.9. The molecule has 0 atom stereocenters. The van der Waals surface area contributed by atoms with E-state index >= 15 is 0 Å². The lowest BCUT2D eigenvalue weighted by molar-refractivity contribution is 1.33. The van der Waals surface area contributed by atoms with Gasteiger partial charge in [0.1, 0.15) is 0 Å².